The monoisotopic (exact) mass is 384 g/mol. The molecule has 1 aromatic rings. The molecule has 2 atom stereocenters. The van der Waals surface area contributed by atoms with E-state index in [1.165, 1.54) is 11.4 Å². The first-order valence-corrected chi connectivity index (χ1v) is 10.2. The number of nitrogens with one attached hydrogen (secondary N) is 1. The standard InChI is InChI=1S/C18H28N2O5S/c1-13-7-8-16(25-4)17(10-13)26(22,23)20-9-5-6-15(11-20)18(21)19-14(2)12-24-3/h7-8,10,14-15H,5-6,9,11-12H2,1-4H3,(H,19,21)/t14-,15+/m0/s1. The van der Waals surface area contributed by atoms with Gasteiger partial charge in [0.1, 0.15) is 10.6 Å². The smallest absolute Gasteiger partial charge is 0.246 e. The van der Waals surface area contributed by atoms with Crippen molar-refractivity contribution in [1.82, 2.24) is 9.62 Å². The van der Waals surface area contributed by atoms with Gasteiger partial charge in [-0.3, -0.25) is 4.79 Å². The fourth-order valence-electron chi connectivity index (χ4n) is 3.15. The van der Waals surface area contributed by atoms with Crippen molar-refractivity contribution in [2.75, 3.05) is 33.9 Å². The van der Waals surface area contributed by atoms with Crippen LogP contribution in [0.4, 0.5) is 0 Å². The topological polar surface area (TPSA) is 84.9 Å². The molecule has 1 saturated heterocycles. The molecule has 0 unspecified atom stereocenters. The second-order valence-electron chi connectivity index (χ2n) is 6.72. The molecule has 0 aliphatic carbocycles. The van der Waals surface area contributed by atoms with Gasteiger partial charge in [0, 0.05) is 26.2 Å². The lowest BCUT2D eigenvalue weighted by atomic mass is 9.98. The Hall–Kier alpha value is -1.64. The molecule has 1 amide bonds. The molecule has 1 N–H and O–H groups in total. The predicted octanol–water partition coefficient (Wildman–Crippen LogP) is 1.56. The van der Waals surface area contributed by atoms with E-state index in [1.54, 1.807) is 19.2 Å². The van der Waals surface area contributed by atoms with Crippen LogP contribution in [-0.4, -0.2) is 58.6 Å². The summed E-state index contributed by atoms with van der Waals surface area (Å²) in [6.45, 7) is 4.68. The summed E-state index contributed by atoms with van der Waals surface area (Å²) in [7, 11) is -0.701. The van der Waals surface area contributed by atoms with Crippen molar-refractivity contribution in [1.29, 1.82) is 0 Å². The Morgan fingerprint density at radius 1 is 1.38 bits per heavy atom. The van der Waals surface area contributed by atoms with E-state index < -0.39 is 10.0 Å². The van der Waals surface area contributed by atoms with Crippen LogP contribution in [0.3, 0.4) is 0 Å². The maximum atomic E-state index is 13.1. The Kier molecular flexibility index (Phi) is 7.02. The minimum Gasteiger partial charge on any atom is -0.495 e. The number of sulfonamides is 1. The highest BCUT2D eigenvalue weighted by Crippen LogP contribution is 2.30. The number of hydrogen-bond acceptors (Lipinski definition) is 5. The van der Waals surface area contributed by atoms with Crippen LogP contribution in [0.2, 0.25) is 0 Å². The van der Waals surface area contributed by atoms with E-state index in [9.17, 15) is 13.2 Å². The molecule has 2 rings (SSSR count). The zero-order valence-electron chi connectivity index (χ0n) is 15.8. The van der Waals surface area contributed by atoms with Gasteiger partial charge in [-0.1, -0.05) is 6.07 Å². The number of nitrogens with zero attached hydrogens (tertiary/aromatic N) is 1. The van der Waals surface area contributed by atoms with Gasteiger partial charge in [-0.2, -0.15) is 4.31 Å². The summed E-state index contributed by atoms with van der Waals surface area (Å²) in [5.74, 6) is -0.185. The van der Waals surface area contributed by atoms with Crippen molar-refractivity contribution in [3.8, 4) is 5.75 Å². The Morgan fingerprint density at radius 2 is 2.12 bits per heavy atom. The first kappa shape index (κ1) is 20.7. The third-order valence-electron chi connectivity index (χ3n) is 4.50. The van der Waals surface area contributed by atoms with Crippen LogP contribution in [0.15, 0.2) is 23.1 Å². The molecule has 146 valence electrons. The van der Waals surface area contributed by atoms with E-state index in [1.807, 2.05) is 19.9 Å². The van der Waals surface area contributed by atoms with E-state index in [0.29, 0.717) is 31.7 Å². The van der Waals surface area contributed by atoms with E-state index >= 15 is 0 Å². The number of ether oxygens (including phenoxy) is 2. The predicted molar refractivity (Wildman–Crippen MR) is 98.7 cm³/mol. The van der Waals surface area contributed by atoms with Crippen molar-refractivity contribution in [3.05, 3.63) is 23.8 Å². The zero-order chi connectivity index (χ0) is 19.3. The second-order valence-corrected chi connectivity index (χ2v) is 8.63. The van der Waals surface area contributed by atoms with Gasteiger partial charge < -0.3 is 14.8 Å². The summed E-state index contributed by atoms with van der Waals surface area (Å²) in [5, 5.41) is 2.88. The first-order valence-electron chi connectivity index (χ1n) is 8.73. The van der Waals surface area contributed by atoms with Crippen LogP contribution in [0.5, 0.6) is 5.75 Å². The minimum absolute atomic E-state index is 0.114. The maximum Gasteiger partial charge on any atom is 0.246 e. The lowest BCUT2D eigenvalue weighted by molar-refractivity contribution is -0.127. The van der Waals surface area contributed by atoms with Crippen LogP contribution < -0.4 is 10.1 Å². The normalized spacial score (nSPS) is 19.8. The number of piperidine rings is 1. The van der Waals surface area contributed by atoms with Gasteiger partial charge >= 0.3 is 0 Å². The molecule has 0 saturated carbocycles. The molecule has 1 aliphatic rings. The average molecular weight is 384 g/mol. The van der Waals surface area contributed by atoms with E-state index in [4.69, 9.17) is 9.47 Å². The molecule has 1 fully saturated rings. The van der Waals surface area contributed by atoms with E-state index in [0.717, 1.165) is 5.56 Å². The summed E-state index contributed by atoms with van der Waals surface area (Å²) in [5.41, 5.74) is 0.837. The number of aryl methyl sites for hydroxylation is 1. The van der Waals surface area contributed by atoms with Gasteiger partial charge in [-0.05, 0) is 44.4 Å². The van der Waals surface area contributed by atoms with Crippen molar-refractivity contribution in [2.24, 2.45) is 5.92 Å². The SMILES string of the molecule is COC[C@H](C)NC(=O)[C@@H]1CCCN(S(=O)(=O)c2cc(C)ccc2OC)C1. The van der Waals surface area contributed by atoms with Crippen LogP contribution in [0, 0.1) is 12.8 Å². The highest BCUT2D eigenvalue weighted by atomic mass is 32.2. The maximum absolute atomic E-state index is 13.1. The Morgan fingerprint density at radius 3 is 2.77 bits per heavy atom. The number of carbonyl (C=O) groups is 1. The molecule has 0 bridgehead atoms. The number of methoxy groups -OCH3 is 2. The van der Waals surface area contributed by atoms with Gasteiger partial charge in [-0.15, -0.1) is 0 Å². The summed E-state index contributed by atoms with van der Waals surface area (Å²) in [4.78, 5) is 12.6. The third kappa shape index (κ3) is 4.75. The van der Waals surface area contributed by atoms with Gasteiger partial charge in [0.2, 0.25) is 15.9 Å². The first-order chi connectivity index (χ1) is 12.3. The lowest BCUT2D eigenvalue weighted by Crippen LogP contribution is -2.47. The van der Waals surface area contributed by atoms with Crippen LogP contribution in [0.1, 0.15) is 25.3 Å². The molecule has 0 aromatic heterocycles. The van der Waals surface area contributed by atoms with Crippen molar-refractivity contribution < 1.29 is 22.7 Å². The molecule has 1 heterocycles. The summed E-state index contributed by atoms with van der Waals surface area (Å²) < 4.78 is 37.9. The molecular weight excluding hydrogens is 356 g/mol. The average Bonchev–Trinajstić information content (AvgIpc) is 2.62. The molecule has 1 aromatic carbocycles. The molecule has 8 heteroatoms. The number of benzene rings is 1. The highest BCUT2D eigenvalue weighted by Gasteiger charge is 2.35. The quantitative estimate of drug-likeness (QED) is 0.771. The number of hydrogen-bond donors (Lipinski definition) is 1. The summed E-state index contributed by atoms with van der Waals surface area (Å²) in [6.07, 6.45) is 1.31. The fraction of sp³-hybridized carbons (Fsp3) is 0.611. The molecule has 0 radical (unpaired) electrons. The molecule has 7 nitrogen and oxygen atoms in total. The Labute approximate surface area is 155 Å². The Bertz CT molecular complexity index is 735. The number of carbonyl (C=O) groups excluding carboxylic acids is 1. The summed E-state index contributed by atoms with van der Waals surface area (Å²) in [6, 6.07) is 4.96. The van der Waals surface area contributed by atoms with Crippen LogP contribution in [0.25, 0.3) is 0 Å². The molecule has 0 spiro atoms. The molecular formula is C18H28N2O5S. The lowest BCUT2D eigenvalue weighted by Gasteiger charge is -2.32. The zero-order valence-corrected chi connectivity index (χ0v) is 16.6. The van der Waals surface area contributed by atoms with E-state index in [2.05, 4.69) is 5.32 Å². The minimum atomic E-state index is -3.73. The van der Waals surface area contributed by atoms with Crippen molar-refractivity contribution in [3.63, 3.8) is 0 Å². The fourth-order valence-corrected chi connectivity index (χ4v) is 4.92. The van der Waals surface area contributed by atoms with Crippen molar-refractivity contribution in [2.45, 2.75) is 37.6 Å². The number of rotatable bonds is 7. The Balaban J connectivity index is 2.18. The van der Waals surface area contributed by atoms with Crippen LogP contribution in [-0.2, 0) is 19.6 Å². The van der Waals surface area contributed by atoms with Gasteiger partial charge in [0.05, 0.1) is 19.6 Å². The summed E-state index contributed by atoms with van der Waals surface area (Å²) >= 11 is 0. The van der Waals surface area contributed by atoms with Gasteiger partial charge in [-0.25, -0.2) is 8.42 Å². The van der Waals surface area contributed by atoms with Crippen molar-refractivity contribution >= 4 is 15.9 Å². The third-order valence-corrected chi connectivity index (χ3v) is 6.38. The van der Waals surface area contributed by atoms with Crippen LogP contribution >= 0.6 is 0 Å². The number of amides is 1. The van der Waals surface area contributed by atoms with Gasteiger partial charge in [0.15, 0.2) is 0 Å². The van der Waals surface area contributed by atoms with Gasteiger partial charge in [0.25, 0.3) is 0 Å². The largest absolute Gasteiger partial charge is 0.495 e. The molecule has 26 heavy (non-hydrogen) atoms. The second kappa shape index (κ2) is 8.83. The van der Waals surface area contributed by atoms with E-state index in [-0.39, 0.29) is 29.3 Å². The highest BCUT2D eigenvalue weighted by molar-refractivity contribution is 7.89. The molecule has 1 aliphatic heterocycles.